The molecule has 1 aromatic rings. The largest absolute Gasteiger partial charge is 0.342 e. The van der Waals surface area contributed by atoms with Crippen LogP contribution in [0.5, 0.6) is 0 Å². The average Bonchev–Trinajstić information content (AvgIpc) is 2.31. The van der Waals surface area contributed by atoms with Crippen LogP contribution in [0.2, 0.25) is 10.2 Å². The number of halogens is 3. The molecule has 0 bridgehead atoms. The highest BCUT2D eigenvalue weighted by molar-refractivity contribution is 9.09. The van der Waals surface area contributed by atoms with Crippen molar-refractivity contribution in [3.8, 4) is 0 Å². The van der Waals surface area contributed by atoms with Crippen LogP contribution in [0.4, 0.5) is 0 Å². The van der Waals surface area contributed by atoms with E-state index in [4.69, 9.17) is 23.2 Å². The lowest BCUT2D eigenvalue weighted by atomic mass is 10.3. The van der Waals surface area contributed by atoms with Gasteiger partial charge >= 0.3 is 0 Å². The Labute approximate surface area is 82.0 Å². The van der Waals surface area contributed by atoms with E-state index >= 15 is 0 Å². The summed E-state index contributed by atoms with van der Waals surface area (Å²) in [6.45, 7) is 0. The molecule has 0 fully saturated rings. The highest BCUT2D eigenvalue weighted by Crippen LogP contribution is 2.22. The molecule has 0 amide bonds. The van der Waals surface area contributed by atoms with E-state index in [0.717, 1.165) is 0 Å². The Hall–Kier alpha value is 0.01000. The van der Waals surface area contributed by atoms with Gasteiger partial charge in [0.1, 0.15) is 5.15 Å². The number of nitrogens with one attached hydrogen (secondary N) is 1. The van der Waals surface area contributed by atoms with Crippen molar-refractivity contribution in [3.63, 3.8) is 0 Å². The zero-order chi connectivity index (χ0) is 8.43. The predicted octanol–water partition coefficient (Wildman–Crippen LogP) is 2.90. The molecule has 0 radical (unpaired) electrons. The Morgan fingerprint density at radius 2 is 2.27 bits per heavy atom. The standard InChI is InChI=1S/C6H4BrCl2NO/c7-2-5(11)4-1-3(8)6(9)10-4/h1,10H,2H2. The van der Waals surface area contributed by atoms with E-state index in [1.807, 2.05) is 0 Å². The number of H-pyrrole nitrogens is 1. The van der Waals surface area contributed by atoms with Gasteiger partial charge in [-0.25, -0.2) is 0 Å². The van der Waals surface area contributed by atoms with Gasteiger partial charge in [0.05, 0.1) is 16.0 Å². The first kappa shape index (κ1) is 9.10. The second kappa shape index (κ2) is 3.61. The van der Waals surface area contributed by atoms with Crippen molar-refractivity contribution in [1.29, 1.82) is 0 Å². The summed E-state index contributed by atoms with van der Waals surface area (Å²) in [5, 5.41) is 0.937. The first-order valence-corrected chi connectivity index (χ1v) is 4.66. The fourth-order valence-corrected chi connectivity index (χ4v) is 1.24. The topological polar surface area (TPSA) is 32.9 Å². The van der Waals surface area contributed by atoms with E-state index in [0.29, 0.717) is 15.9 Å². The molecule has 0 saturated heterocycles. The molecule has 0 atom stereocenters. The van der Waals surface area contributed by atoms with Gasteiger partial charge in [0, 0.05) is 0 Å². The van der Waals surface area contributed by atoms with E-state index in [1.165, 1.54) is 6.07 Å². The molecule has 1 aromatic heterocycles. The first-order valence-electron chi connectivity index (χ1n) is 2.78. The van der Waals surface area contributed by atoms with Crippen molar-refractivity contribution in [2.24, 2.45) is 0 Å². The summed E-state index contributed by atoms with van der Waals surface area (Å²) in [5.74, 6) is -0.0706. The number of alkyl halides is 1. The maximum atomic E-state index is 11.0. The summed E-state index contributed by atoms with van der Waals surface area (Å²) in [5.41, 5.74) is 0.428. The fraction of sp³-hybridized carbons (Fsp3) is 0.167. The molecule has 0 unspecified atom stereocenters. The number of carbonyl (C=O) groups excluding carboxylic acids is 1. The minimum atomic E-state index is -0.0706. The lowest BCUT2D eigenvalue weighted by Gasteiger charge is -1.87. The van der Waals surface area contributed by atoms with Gasteiger partial charge in [-0.2, -0.15) is 0 Å². The van der Waals surface area contributed by atoms with Crippen LogP contribution in [0.25, 0.3) is 0 Å². The second-order valence-corrected chi connectivity index (χ2v) is 3.25. The van der Waals surface area contributed by atoms with Crippen LogP contribution in [-0.4, -0.2) is 16.1 Å². The molecule has 0 aliphatic carbocycles. The lowest BCUT2D eigenvalue weighted by Crippen LogP contribution is -1.99. The second-order valence-electron chi connectivity index (χ2n) is 1.90. The zero-order valence-corrected chi connectivity index (χ0v) is 8.42. The van der Waals surface area contributed by atoms with Gasteiger partial charge in [-0.05, 0) is 6.07 Å². The molecule has 2 nitrogen and oxygen atoms in total. The molecule has 11 heavy (non-hydrogen) atoms. The molecule has 1 rings (SSSR count). The van der Waals surface area contributed by atoms with E-state index in [1.54, 1.807) is 0 Å². The Balaban J connectivity index is 2.97. The molecule has 0 aliphatic rings. The Morgan fingerprint density at radius 1 is 1.64 bits per heavy atom. The number of carbonyl (C=O) groups is 1. The smallest absolute Gasteiger partial charge is 0.189 e. The third-order valence-corrected chi connectivity index (χ3v) is 2.35. The molecule has 60 valence electrons. The van der Waals surface area contributed by atoms with Gasteiger partial charge in [0.25, 0.3) is 0 Å². The summed E-state index contributed by atoms with van der Waals surface area (Å²) in [6.07, 6.45) is 0. The van der Waals surface area contributed by atoms with Crippen LogP contribution in [0.15, 0.2) is 6.07 Å². The maximum Gasteiger partial charge on any atom is 0.189 e. The molecule has 1 N–H and O–H groups in total. The van der Waals surface area contributed by atoms with Crippen LogP contribution in [0.1, 0.15) is 10.5 Å². The molecule has 5 heteroatoms. The summed E-state index contributed by atoms with van der Waals surface area (Å²) in [7, 11) is 0. The Morgan fingerprint density at radius 3 is 2.64 bits per heavy atom. The van der Waals surface area contributed by atoms with E-state index in [2.05, 4.69) is 20.9 Å². The normalized spacial score (nSPS) is 10.1. The number of Topliss-reactive ketones (excluding diaryl/α,β-unsaturated/α-hetero) is 1. The molecule has 0 spiro atoms. The summed E-state index contributed by atoms with van der Waals surface area (Å²) < 4.78 is 0. The number of hydrogen-bond donors (Lipinski definition) is 1. The number of rotatable bonds is 2. The lowest BCUT2D eigenvalue weighted by molar-refractivity contribution is 0.101. The van der Waals surface area contributed by atoms with Crippen LogP contribution in [-0.2, 0) is 0 Å². The monoisotopic (exact) mass is 255 g/mol. The van der Waals surface area contributed by atoms with Crippen LogP contribution >= 0.6 is 39.1 Å². The fourth-order valence-electron chi connectivity index (χ4n) is 0.626. The van der Waals surface area contributed by atoms with Gasteiger partial charge in [-0.1, -0.05) is 39.1 Å². The number of ketones is 1. The minimum Gasteiger partial charge on any atom is -0.342 e. The summed E-state index contributed by atoms with van der Waals surface area (Å²) in [6, 6.07) is 1.51. The average molecular weight is 257 g/mol. The van der Waals surface area contributed by atoms with Crippen molar-refractivity contribution in [2.45, 2.75) is 0 Å². The number of aromatic nitrogens is 1. The van der Waals surface area contributed by atoms with Gasteiger partial charge < -0.3 is 4.98 Å². The predicted molar refractivity (Wildman–Crippen MR) is 48.9 cm³/mol. The van der Waals surface area contributed by atoms with Crippen LogP contribution in [0.3, 0.4) is 0 Å². The number of aromatic amines is 1. The Kier molecular flexibility index (Phi) is 2.98. The van der Waals surface area contributed by atoms with Crippen LogP contribution in [0, 0.1) is 0 Å². The SMILES string of the molecule is O=C(CBr)c1cc(Cl)c(Cl)[nH]1. The van der Waals surface area contributed by atoms with Crippen molar-refractivity contribution in [3.05, 3.63) is 21.9 Å². The third-order valence-electron chi connectivity index (χ3n) is 1.15. The summed E-state index contributed by atoms with van der Waals surface area (Å²) in [4.78, 5) is 13.6. The maximum absolute atomic E-state index is 11.0. The molecule has 0 saturated carbocycles. The highest BCUT2D eigenvalue weighted by Gasteiger charge is 2.09. The third kappa shape index (κ3) is 1.98. The van der Waals surface area contributed by atoms with E-state index in [9.17, 15) is 4.79 Å². The molecule has 0 aliphatic heterocycles. The van der Waals surface area contributed by atoms with E-state index in [-0.39, 0.29) is 11.1 Å². The quantitative estimate of drug-likeness (QED) is 0.641. The minimum absolute atomic E-state index is 0.0706. The van der Waals surface area contributed by atoms with E-state index < -0.39 is 0 Å². The van der Waals surface area contributed by atoms with Gasteiger partial charge in [-0.15, -0.1) is 0 Å². The van der Waals surface area contributed by atoms with Crippen molar-refractivity contribution >= 4 is 44.9 Å². The van der Waals surface area contributed by atoms with Crippen LogP contribution < -0.4 is 0 Å². The molecular weight excluding hydrogens is 253 g/mol. The van der Waals surface area contributed by atoms with Crippen molar-refractivity contribution in [1.82, 2.24) is 4.98 Å². The van der Waals surface area contributed by atoms with Gasteiger partial charge in [0.15, 0.2) is 5.78 Å². The van der Waals surface area contributed by atoms with Crippen molar-refractivity contribution < 1.29 is 4.79 Å². The highest BCUT2D eigenvalue weighted by atomic mass is 79.9. The zero-order valence-electron chi connectivity index (χ0n) is 5.33. The molecule has 0 aromatic carbocycles. The molecular formula is C6H4BrCl2NO. The van der Waals surface area contributed by atoms with Gasteiger partial charge in [-0.3, -0.25) is 4.79 Å². The number of hydrogen-bond acceptors (Lipinski definition) is 1. The molecule has 1 heterocycles. The summed E-state index contributed by atoms with van der Waals surface area (Å²) >= 11 is 14.2. The first-order chi connectivity index (χ1) is 5.15. The van der Waals surface area contributed by atoms with Crippen molar-refractivity contribution in [2.75, 3.05) is 5.33 Å². The Bertz CT molecular complexity index is 265. The van der Waals surface area contributed by atoms with Gasteiger partial charge in [0.2, 0.25) is 0 Å².